The molecule has 1 aliphatic heterocycles. The van der Waals surface area contributed by atoms with E-state index in [4.69, 9.17) is 9.63 Å². The van der Waals surface area contributed by atoms with Gasteiger partial charge in [-0.05, 0) is 26.8 Å². The van der Waals surface area contributed by atoms with Crippen LogP contribution in [-0.2, 0) is 6.42 Å². The van der Waals surface area contributed by atoms with Gasteiger partial charge in [0.05, 0.1) is 12.3 Å². The molecule has 4 nitrogen and oxygen atoms in total. The van der Waals surface area contributed by atoms with Gasteiger partial charge in [0.2, 0.25) is 0 Å². The van der Waals surface area contributed by atoms with Crippen molar-refractivity contribution in [3.8, 4) is 0 Å². The highest BCUT2D eigenvalue weighted by molar-refractivity contribution is 5.13. The Hall–Kier alpha value is -0.870. The molecule has 1 aromatic rings. The lowest BCUT2D eigenvalue weighted by Gasteiger charge is -2.19. The van der Waals surface area contributed by atoms with Crippen LogP contribution in [0.5, 0.6) is 0 Å². The fraction of sp³-hybridized carbons (Fsp3) is 0.750. The van der Waals surface area contributed by atoms with Crippen LogP contribution in [0.1, 0.15) is 37.6 Å². The minimum Gasteiger partial charge on any atom is -0.396 e. The third-order valence-corrected chi connectivity index (χ3v) is 3.30. The summed E-state index contributed by atoms with van der Waals surface area (Å²) in [7, 11) is 0. The van der Waals surface area contributed by atoms with Crippen molar-refractivity contribution >= 4 is 0 Å². The fourth-order valence-electron chi connectivity index (χ4n) is 2.25. The molecule has 90 valence electrons. The van der Waals surface area contributed by atoms with Gasteiger partial charge in [0.1, 0.15) is 5.76 Å². The summed E-state index contributed by atoms with van der Waals surface area (Å²) < 4.78 is 5.18. The highest BCUT2D eigenvalue weighted by atomic mass is 16.5. The second-order valence-electron chi connectivity index (χ2n) is 4.77. The summed E-state index contributed by atoms with van der Waals surface area (Å²) in [5.74, 6) is 1.29. The lowest BCUT2D eigenvalue weighted by atomic mass is 10.0. The zero-order chi connectivity index (χ0) is 11.5. The number of aliphatic hydroxyl groups is 1. The van der Waals surface area contributed by atoms with E-state index < -0.39 is 0 Å². The van der Waals surface area contributed by atoms with Crippen LogP contribution in [0.25, 0.3) is 0 Å². The molecule has 1 saturated heterocycles. The molecule has 0 amide bonds. The second-order valence-corrected chi connectivity index (χ2v) is 4.77. The van der Waals surface area contributed by atoms with Gasteiger partial charge in [-0.25, -0.2) is 0 Å². The zero-order valence-electron chi connectivity index (χ0n) is 10.0. The topological polar surface area (TPSA) is 49.5 Å². The molecule has 1 atom stereocenters. The molecular weight excluding hydrogens is 204 g/mol. The minimum atomic E-state index is 0.122. The van der Waals surface area contributed by atoms with Gasteiger partial charge in [-0.3, -0.25) is 0 Å². The maximum absolute atomic E-state index is 8.81. The van der Waals surface area contributed by atoms with Crippen LogP contribution < -0.4 is 0 Å². The van der Waals surface area contributed by atoms with Crippen molar-refractivity contribution in [1.82, 2.24) is 10.1 Å². The van der Waals surface area contributed by atoms with Crippen LogP contribution in [-0.4, -0.2) is 40.9 Å². The number of aromatic nitrogens is 1. The standard InChI is InChI=1S/C12H20N2O2/c1-9(2)14-5-3-10(8-14)12-7-11(4-6-15)16-13-12/h7,9-10,15H,3-6,8H2,1-2H3. The first-order valence-corrected chi connectivity index (χ1v) is 6.01. The van der Waals surface area contributed by atoms with Gasteiger partial charge in [-0.15, -0.1) is 0 Å². The van der Waals surface area contributed by atoms with Gasteiger partial charge in [-0.2, -0.15) is 0 Å². The van der Waals surface area contributed by atoms with E-state index in [1.165, 1.54) is 0 Å². The first-order chi connectivity index (χ1) is 7.70. The highest BCUT2D eigenvalue weighted by Gasteiger charge is 2.27. The Morgan fingerprint density at radius 3 is 3.06 bits per heavy atom. The normalized spacial score (nSPS) is 22.1. The van der Waals surface area contributed by atoms with Gasteiger partial charge in [0.25, 0.3) is 0 Å². The summed E-state index contributed by atoms with van der Waals surface area (Å²) in [5, 5.41) is 12.9. The van der Waals surface area contributed by atoms with Crippen molar-refractivity contribution in [1.29, 1.82) is 0 Å². The minimum absolute atomic E-state index is 0.122. The molecule has 4 heteroatoms. The summed E-state index contributed by atoms with van der Waals surface area (Å²) in [5.41, 5.74) is 1.05. The quantitative estimate of drug-likeness (QED) is 0.840. The van der Waals surface area contributed by atoms with E-state index >= 15 is 0 Å². The van der Waals surface area contributed by atoms with Crippen molar-refractivity contribution in [2.75, 3.05) is 19.7 Å². The fourth-order valence-corrected chi connectivity index (χ4v) is 2.25. The highest BCUT2D eigenvalue weighted by Crippen LogP contribution is 2.27. The molecule has 1 aromatic heterocycles. The maximum atomic E-state index is 8.81. The number of hydrogen-bond donors (Lipinski definition) is 1. The lowest BCUT2D eigenvalue weighted by Crippen LogP contribution is -2.27. The summed E-state index contributed by atoms with van der Waals surface area (Å²) >= 11 is 0. The maximum Gasteiger partial charge on any atom is 0.139 e. The molecule has 1 aliphatic rings. The molecule has 0 aliphatic carbocycles. The Balaban J connectivity index is 1.97. The molecule has 16 heavy (non-hydrogen) atoms. The van der Waals surface area contributed by atoms with Gasteiger partial charge < -0.3 is 14.5 Å². The van der Waals surface area contributed by atoms with E-state index in [1.54, 1.807) is 0 Å². The first kappa shape index (κ1) is 11.6. The summed E-state index contributed by atoms with van der Waals surface area (Å²) in [6, 6.07) is 2.60. The zero-order valence-corrected chi connectivity index (χ0v) is 10.0. The van der Waals surface area contributed by atoms with E-state index in [2.05, 4.69) is 23.9 Å². The second kappa shape index (κ2) is 4.97. The monoisotopic (exact) mass is 224 g/mol. The van der Waals surface area contributed by atoms with Gasteiger partial charge in [-0.1, -0.05) is 5.16 Å². The summed E-state index contributed by atoms with van der Waals surface area (Å²) in [6.07, 6.45) is 1.72. The van der Waals surface area contributed by atoms with E-state index in [1.807, 2.05) is 6.07 Å². The van der Waals surface area contributed by atoms with Crippen molar-refractivity contribution in [2.45, 2.75) is 38.6 Å². The SMILES string of the molecule is CC(C)N1CCC(c2cc(CCO)on2)C1. The van der Waals surface area contributed by atoms with Gasteiger partial charge in [0.15, 0.2) is 0 Å². The van der Waals surface area contributed by atoms with E-state index in [0.29, 0.717) is 18.4 Å². The molecule has 0 aromatic carbocycles. The Kier molecular flexibility index (Phi) is 3.61. The Labute approximate surface area is 96.2 Å². The van der Waals surface area contributed by atoms with Crippen molar-refractivity contribution in [2.24, 2.45) is 0 Å². The molecular formula is C12H20N2O2. The van der Waals surface area contributed by atoms with Crippen molar-refractivity contribution in [3.05, 3.63) is 17.5 Å². The molecule has 2 rings (SSSR count). The smallest absolute Gasteiger partial charge is 0.139 e. The van der Waals surface area contributed by atoms with Gasteiger partial charge >= 0.3 is 0 Å². The number of nitrogens with zero attached hydrogens (tertiary/aromatic N) is 2. The van der Waals surface area contributed by atoms with E-state index in [0.717, 1.165) is 31.0 Å². The first-order valence-electron chi connectivity index (χ1n) is 6.01. The third-order valence-electron chi connectivity index (χ3n) is 3.30. The molecule has 1 N–H and O–H groups in total. The summed E-state index contributed by atoms with van der Waals surface area (Å²) in [4.78, 5) is 2.46. The average molecular weight is 224 g/mol. The molecule has 0 spiro atoms. The van der Waals surface area contributed by atoms with Crippen molar-refractivity contribution < 1.29 is 9.63 Å². The average Bonchev–Trinajstić information content (AvgIpc) is 2.84. The van der Waals surface area contributed by atoms with E-state index in [9.17, 15) is 0 Å². The number of aliphatic hydroxyl groups excluding tert-OH is 1. The molecule has 0 bridgehead atoms. The largest absolute Gasteiger partial charge is 0.396 e. The molecule has 2 heterocycles. The van der Waals surface area contributed by atoms with Crippen LogP contribution in [0.2, 0.25) is 0 Å². The predicted molar refractivity (Wildman–Crippen MR) is 61.4 cm³/mol. The predicted octanol–water partition coefficient (Wildman–Crippen LogP) is 1.41. The van der Waals surface area contributed by atoms with Crippen LogP contribution in [0.3, 0.4) is 0 Å². The summed E-state index contributed by atoms with van der Waals surface area (Å²) in [6.45, 7) is 6.79. The Bertz CT molecular complexity index is 336. The Morgan fingerprint density at radius 1 is 1.62 bits per heavy atom. The molecule has 0 radical (unpaired) electrons. The van der Waals surface area contributed by atoms with Gasteiger partial charge in [0, 0.05) is 31.0 Å². The number of rotatable bonds is 4. The number of likely N-dealkylation sites (tertiary alicyclic amines) is 1. The molecule has 1 unspecified atom stereocenters. The molecule has 1 fully saturated rings. The van der Waals surface area contributed by atoms with Crippen LogP contribution >= 0.6 is 0 Å². The lowest BCUT2D eigenvalue weighted by molar-refractivity contribution is 0.269. The van der Waals surface area contributed by atoms with Crippen LogP contribution in [0, 0.1) is 0 Å². The van der Waals surface area contributed by atoms with Crippen LogP contribution in [0.15, 0.2) is 10.6 Å². The van der Waals surface area contributed by atoms with E-state index in [-0.39, 0.29) is 6.61 Å². The Morgan fingerprint density at radius 2 is 2.44 bits per heavy atom. The number of hydrogen-bond acceptors (Lipinski definition) is 4. The molecule has 0 saturated carbocycles. The van der Waals surface area contributed by atoms with Crippen molar-refractivity contribution in [3.63, 3.8) is 0 Å². The van der Waals surface area contributed by atoms with Crippen LogP contribution in [0.4, 0.5) is 0 Å². The third kappa shape index (κ3) is 2.44.